The summed E-state index contributed by atoms with van der Waals surface area (Å²) in [7, 11) is 0. The fourth-order valence-corrected chi connectivity index (χ4v) is 4.82. The van der Waals surface area contributed by atoms with Crippen LogP contribution in [0.15, 0.2) is 18.2 Å². The highest BCUT2D eigenvalue weighted by atomic mass is 16.7. The molecule has 0 spiro atoms. The topological polar surface area (TPSA) is 63.4 Å². The van der Waals surface area contributed by atoms with Crippen LogP contribution in [0.3, 0.4) is 0 Å². The zero-order chi connectivity index (χ0) is 18.9. The smallest absolute Gasteiger partial charge is 0.256 e. The van der Waals surface area contributed by atoms with Crippen LogP contribution in [0.2, 0.25) is 0 Å². The Kier molecular flexibility index (Phi) is 3.27. The molecule has 27 heavy (non-hydrogen) atoms. The van der Waals surface area contributed by atoms with Crippen LogP contribution >= 0.6 is 0 Å². The van der Waals surface area contributed by atoms with Crippen molar-refractivity contribution in [2.24, 2.45) is 0 Å². The summed E-state index contributed by atoms with van der Waals surface area (Å²) < 4.78 is 10.9. The average molecular weight is 367 g/mol. The molecule has 1 aromatic rings. The first-order valence-corrected chi connectivity index (χ1v) is 9.37. The van der Waals surface area contributed by atoms with E-state index in [0.717, 1.165) is 18.4 Å². The number of benzene rings is 1. The first-order valence-electron chi connectivity index (χ1n) is 9.37. The molecule has 0 unspecified atom stereocenters. The molecule has 0 radical (unpaired) electrons. The Morgan fingerprint density at radius 2 is 1.89 bits per heavy atom. The van der Waals surface area contributed by atoms with Gasteiger partial charge in [0, 0.05) is 13.0 Å². The minimum absolute atomic E-state index is 0.0114. The Bertz CT molecular complexity index is 890. The fourth-order valence-electron chi connectivity index (χ4n) is 4.82. The molecule has 0 N–H and O–H groups in total. The maximum atomic E-state index is 13.3. The summed E-state index contributed by atoms with van der Waals surface area (Å²) in [5.74, 6) is 1.20. The first kappa shape index (κ1) is 16.4. The molecular weight excluding hydrogens is 346 g/mol. The van der Waals surface area contributed by atoms with E-state index in [1.54, 1.807) is 16.7 Å². The molecule has 3 heterocycles. The van der Waals surface area contributed by atoms with Gasteiger partial charge in [0.1, 0.15) is 18.1 Å². The molecular formula is C20H21N3O4. The number of rotatable bonds is 2. The summed E-state index contributed by atoms with van der Waals surface area (Å²) in [5.41, 5.74) is -0.0448. The molecule has 5 rings (SSSR count). The number of amides is 2. The van der Waals surface area contributed by atoms with E-state index in [-0.39, 0.29) is 24.6 Å². The molecule has 3 fully saturated rings. The van der Waals surface area contributed by atoms with Crippen LogP contribution in [-0.2, 0) is 9.59 Å². The van der Waals surface area contributed by atoms with Crippen molar-refractivity contribution in [1.82, 2.24) is 9.80 Å². The van der Waals surface area contributed by atoms with Crippen LogP contribution in [0.4, 0.5) is 0 Å². The van der Waals surface area contributed by atoms with Gasteiger partial charge in [0.2, 0.25) is 18.6 Å². The Hall–Kier alpha value is -2.75. The third kappa shape index (κ3) is 2.19. The molecule has 0 aromatic heterocycles. The number of carbonyl (C=O) groups excluding carboxylic acids is 2. The zero-order valence-corrected chi connectivity index (χ0v) is 15.3. The highest BCUT2D eigenvalue weighted by Gasteiger charge is 2.64. The highest BCUT2D eigenvalue weighted by Crippen LogP contribution is 2.51. The third-order valence-electron chi connectivity index (χ3n) is 6.29. The molecule has 2 amide bonds. The largest absolute Gasteiger partial charge is 0.454 e. The van der Waals surface area contributed by atoms with E-state index in [9.17, 15) is 9.59 Å². The van der Waals surface area contributed by atoms with Crippen LogP contribution in [0.1, 0.15) is 44.7 Å². The van der Waals surface area contributed by atoms with Gasteiger partial charge in [0.05, 0.1) is 6.42 Å². The lowest BCUT2D eigenvalue weighted by Crippen LogP contribution is -2.62. The van der Waals surface area contributed by atoms with Gasteiger partial charge in [-0.15, -0.1) is 0 Å². The van der Waals surface area contributed by atoms with Gasteiger partial charge in [-0.3, -0.25) is 9.59 Å². The number of carbonyl (C=O) groups is 2. The lowest BCUT2D eigenvalue weighted by Gasteiger charge is -2.42. The second-order valence-electron chi connectivity index (χ2n) is 8.10. The maximum Gasteiger partial charge on any atom is 0.256 e. The molecule has 4 atom stereocenters. The molecule has 4 aliphatic rings. The first-order chi connectivity index (χ1) is 12.9. The second kappa shape index (κ2) is 5.38. The maximum absolute atomic E-state index is 13.3. The average Bonchev–Trinajstić information content (AvgIpc) is 3.28. The van der Waals surface area contributed by atoms with Crippen molar-refractivity contribution in [2.45, 2.75) is 62.8 Å². The molecule has 3 aliphatic heterocycles. The molecule has 1 saturated carbocycles. The highest BCUT2D eigenvalue weighted by molar-refractivity contribution is 5.98. The van der Waals surface area contributed by atoms with E-state index in [1.807, 2.05) is 25.1 Å². The van der Waals surface area contributed by atoms with Crippen molar-refractivity contribution in [3.63, 3.8) is 0 Å². The predicted molar refractivity (Wildman–Crippen MR) is 94.9 cm³/mol. The summed E-state index contributed by atoms with van der Waals surface area (Å²) in [5, 5.41) is 0. The van der Waals surface area contributed by atoms with Crippen LogP contribution in [0.25, 0.3) is 4.85 Å². The van der Waals surface area contributed by atoms with Gasteiger partial charge in [0.15, 0.2) is 11.5 Å². The predicted octanol–water partition coefficient (Wildman–Crippen LogP) is 2.13. The van der Waals surface area contributed by atoms with Gasteiger partial charge in [-0.1, -0.05) is 6.07 Å². The van der Waals surface area contributed by atoms with Crippen molar-refractivity contribution < 1.29 is 19.1 Å². The quantitative estimate of drug-likeness (QED) is 0.752. The van der Waals surface area contributed by atoms with Gasteiger partial charge in [-0.05, 0) is 37.5 Å². The van der Waals surface area contributed by atoms with Crippen molar-refractivity contribution in [2.75, 3.05) is 6.79 Å². The number of hydrogen-bond donors (Lipinski definition) is 0. The molecule has 1 aliphatic carbocycles. The minimum atomic E-state index is -0.858. The molecule has 2 saturated heterocycles. The molecule has 0 bridgehead atoms. The van der Waals surface area contributed by atoms with Gasteiger partial charge in [-0.2, -0.15) is 0 Å². The van der Waals surface area contributed by atoms with E-state index in [4.69, 9.17) is 16.0 Å². The number of nitrogens with zero attached hydrogens (tertiary/aromatic N) is 3. The standard InChI is InChI=1S/C20H21N3O4/c1-11-18(24)23-14(19(25)22(11)13-5-6-13)9-20(2,21-3)17(23)12-4-7-15-16(8-12)27-10-26-15/h4,7-8,11,13-14,17H,5-6,9-10H2,1-2H3/t11-,14+,17+,20+/m1/s1. The van der Waals surface area contributed by atoms with E-state index in [2.05, 4.69) is 4.85 Å². The third-order valence-corrected chi connectivity index (χ3v) is 6.29. The summed E-state index contributed by atoms with van der Waals surface area (Å²) in [6.07, 6.45) is 2.28. The number of fused-ring (bicyclic) bond motifs is 2. The SMILES string of the molecule is [C-]#[N+][C@@]1(C)C[C@H]2C(=O)N(C3CC3)[C@H](C)C(=O)N2[C@H]1c1ccc2c(c1)OCO2. The fraction of sp³-hybridized carbons (Fsp3) is 0.550. The Morgan fingerprint density at radius 3 is 2.59 bits per heavy atom. The normalized spacial score (nSPS) is 34.6. The van der Waals surface area contributed by atoms with E-state index < -0.39 is 23.7 Å². The van der Waals surface area contributed by atoms with Crippen LogP contribution < -0.4 is 9.47 Å². The number of ether oxygens (including phenoxy) is 2. The van der Waals surface area contributed by atoms with Gasteiger partial charge in [-0.25, -0.2) is 6.57 Å². The van der Waals surface area contributed by atoms with E-state index in [0.29, 0.717) is 17.9 Å². The van der Waals surface area contributed by atoms with E-state index in [1.165, 1.54) is 0 Å². The van der Waals surface area contributed by atoms with Crippen molar-refractivity contribution in [3.05, 3.63) is 35.2 Å². The second-order valence-corrected chi connectivity index (χ2v) is 8.10. The van der Waals surface area contributed by atoms with Crippen molar-refractivity contribution >= 4 is 11.8 Å². The van der Waals surface area contributed by atoms with Gasteiger partial charge in [0.25, 0.3) is 5.54 Å². The lowest BCUT2D eigenvalue weighted by atomic mass is 9.87. The van der Waals surface area contributed by atoms with E-state index >= 15 is 0 Å². The zero-order valence-electron chi connectivity index (χ0n) is 15.3. The molecule has 7 nitrogen and oxygen atoms in total. The monoisotopic (exact) mass is 367 g/mol. The number of piperazine rings is 1. The van der Waals surface area contributed by atoms with Crippen LogP contribution in [0, 0.1) is 6.57 Å². The minimum Gasteiger partial charge on any atom is -0.454 e. The summed E-state index contributed by atoms with van der Waals surface area (Å²) in [4.78, 5) is 33.8. The number of hydrogen-bond acceptors (Lipinski definition) is 4. The van der Waals surface area contributed by atoms with Crippen molar-refractivity contribution in [1.29, 1.82) is 0 Å². The molecule has 140 valence electrons. The van der Waals surface area contributed by atoms with Crippen molar-refractivity contribution in [3.8, 4) is 11.5 Å². The molecule has 7 heteroatoms. The summed E-state index contributed by atoms with van der Waals surface area (Å²) in [6, 6.07) is 4.19. The van der Waals surface area contributed by atoms with Crippen LogP contribution in [-0.4, -0.2) is 52.1 Å². The Morgan fingerprint density at radius 1 is 1.15 bits per heavy atom. The molecule has 1 aromatic carbocycles. The lowest BCUT2D eigenvalue weighted by molar-refractivity contribution is -0.161. The Labute approximate surface area is 157 Å². The van der Waals surface area contributed by atoms with Gasteiger partial charge < -0.3 is 24.1 Å². The summed E-state index contributed by atoms with van der Waals surface area (Å²) >= 11 is 0. The Balaban J connectivity index is 1.59. The van der Waals surface area contributed by atoms with Crippen LogP contribution in [0.5, 0.6) is 11.5 Å². The van der Waals surface area contributed by atoms with Gasteiger partial charge >= 0.3 is 0 Å². The summed E-state index contributed by atoms with van der Waals surface area (Å²) in [6.45, 7) is 11.6.